The molecule has 1 aliphatic heterocycles. The number of furan rings is 1. The average Bonchev–Trinajstić information content (AvgIpc) is 3.09. The van der Waals surface area contributed by atoms with E-state index in [1.54, 1.807) is 12.1 Å². The van der Waals surface area contributed by atoms with E-state index in [-0.39, 0.29) is 11.7 Å². The van der Waals surface area contributed by atoms with Gasteiger partial charge in [-0.05, 0) is 30.7 Å². The summed E-state index contributed by atoms with van der Waals surface area (Å²) in [6, 6.07) is 10.5. The van der Waals surface area contributed by atoms with E-state index in [4.69, 9.17) is 4.42 Å². The van der Waals surface area contributed by atoms with Crippen LogP contribution in [0.15, 0.2) is 40.8 Å². The summed E-state index contributed by atoms with van der Waals surface area (Å²) >= 11 is 0. The monoisotopic (exact) mass is 345 g/mol. The third-order valence-electron chi connectivity index (χ3n) is 4.37. The van der Waals surface area contributed by atoms with Crippen molar-refractivity contribution in [2.75, 3.05) is 37.6 Å². The lowest BCUT2D eigenvalue weighted by atomic mass is 10.2. The molecule has 25 heavy (non-hydrogen) atoms. The van der Waals surface area contributed by atoms with Crippen LogP contribution in [0, 0.1) is 5.82 Å². The second kappa shape index (κ2) is 8.16. The SMILES string of the molecule is CCCNC(=O)c1ccc(CN2CCN(c3ccccc3F)CC2)o1. The molecule has 0 aliphatic carbocycles. The second-order valence-electron chi connectivity index (χ2n) is 6.24. The molecular formula is C19H24FN3O2. The summed E-state index contributed by atoms with van der Waals surface area (Å²) in [4.78, 5) is 16.2. The Bertz CT molecular complexity index is 708. The molecule has 1 amide bonds. The highest BCUT2D eigenvalue weighted by molar-refractivity contribution is 5.91. The van der Waals surface area contributed by atoms with Crippen LogP contribution in [0.3, 0.4) is 0 Å². The van der Waals surface area contributed by atoms with Crippen LogP contribution in [-0.2, 0) is 6.54 Å². The molecule has 5 nitrogen and oxygen atoms in total. The van der Waals surface area contributed by atoms with Crippen LogP contribution in [0.2, 0.25) is 0 Å². The average molecular weight is 345 g/mol. The van der Waals surface area contributed by atoms with Gasteiger partial charge in [-0.2, -0.15) is 0 Å². The molecule has 0 bridgehead atoms. The molecule has 2 aromatic rings. The summed E-state index contributed by atoms with van der Waals surface area (Å²) in [5, 5.41) is 2.81. The lowest BCUT2D eigenvalue weighted by Gasteiger charge is -2.35. The number of piperazine rings is 1. The number of nitrogens with zero attached hydrogens (tertiary/aromatic N) is 2. The Kier molecular flexibility index (Phi) is 5.71. The zero-order chi connectivity index (χ0) is 17.6. The molecule has 1 fully saturated rings. The number of nitrogens with one attached hydrogen (secondary N) is 1. The first-order chi connectivity index (χ1) is 12.2. The van der Waals surface area contributed by atoms with Crippen molar-refractivity contribution in [2.24, 2.45) is 0 Å². The van der Waals surface area contributed by atoms with Gasteiger partial charge < -0.3 is 14.6 Å². The minimum absolute atomic E-state index is 0.169. The van der Waals surface area contributed by atoms with Gasteiger partial charge in [-0.25, -0.2) is 4.39 Å². The Balaban J connectivity index is 1.52. The quantitative estimate of drug-likeness (QED) is 0.875. The van der Waals surface area contributed by atoms with Crippen molar-refractivity contribution in [2.45, 2.75) is 19.9 Å². The molecule has 6 heteroatoms. The number of carbonyl (C=O) groups excluding carboxylic acids is 1. The predicted octanol–water partition coefficient (Wildman–Crippen LogP) is 2.88. The minimum Gasteiger partial charge on any atom is -0.455 e. The standard InChI is InChI=1S/C19H24FN3O2/c1-2-9-21-19(24)18-8-7-15(25-18)14-22-10-12-23(13-11-22)17-6-4-3-5-16(17)20/h3-8H,2,9-14H2,1H3,(H,21,24). The fourth-order valence-electron chi connectivity index (χ4n) is 2.99. The van der Waals surface area contributed by atoms with Crippen LogP contribution in [0.25, 0.3) is 0 Å². The van der Waals surface area contributed by atoms with Crippen LogP contribution in [0.4, 0.5) is 10.1 Å². The van der Waals surface area contributed by atoms with Gasteiger partial charge >= 0.3 is 0 Å². The molecule has 1 saturated heterocycles. The van der Waals surface area contributed by atoms with E-state index in [0.29, 0.717) is 24.5 Å². The summed E-state index contributed by atoms with van der Waals surface area (Å²) in [6.45, 7) is 6.50. The zero-order valence-electron chi connectivity index (χ0n) is 14.5. The molecule has 0 atom stereocenters. The molecule has 2 heterocycles. The van der Waals surface area contributed by atoms with Gasteiger partial charge in [0, 0.05) is 32.7 Å². The molecule has 0 radical (unpaired) electrons. The maximum Gasteiger partial charge on any atom is 0.286 e. The number of para-hydroxylation sites is 1. The van der Waals surface area contributed by atoms with Gasteiger partial charge in [-0.1, -0.05) is 19.1 Å². The van der Waals surface area contributed by atoms with E-state index in [0.717, 1.165) is 38.4 Å². The predicted molar refractivity (Wildman–Crippen MR) is 95.2 cm³/mol. The topological polar surface area (TPSA) is 48.7 Å². The van der Waals surface area contributed by atoms with E-state index >= 15 is 0 Å². The lowest BCUT2D eigenvalue weighted by molar-refractivity contribution is 0.0922. The normalized spacial score (nSPS) is 15.4. The van der Waals surface area contributed by atoms with Gasteiger partial charge in [0.25, 0.3) is 5.91 Å². The summed E-state index contributed by atoms with van der Waals surface area (Å²) in [6.07, 6.45) is 0.894. The number of rotatable bonds is 6. The summed E-state index contributed by atoms with van der Waals surface area (Å²) in [5.41, 5.74) is 0.662. The number of hydrogen-bond acceptors (Lipinski definition) is 4. The third kappa shape index (κ3) is 4.39. The number of hydrogen-bond donors (Lipinski definition) is 1. The van der Waals surface area contributed by atoms with Crippen molar-refractivity contribution in [1.82, 2.24) is 10.2 Å². The Morgan fingerprint density at radius 1 is 1.16 bits per heavy atom. The fourth-order valence-corrected chi connectivity index (χ4v) is 2.99. The van der Waals surface area contributed by atoms with Crippen molar-refractivity contribution < 1.29 is 13.6 Å². The number of amides is 1. The lowest BCUT2D eigenvalue weighted by Crippen LogP contribution is -2.46. The highest BCUT2D eigenvalue weighted by atomic mass is 19.1. The van der Waals surface area contributed by atoms with Crippen molar-refractivity contribution in [3.05, 3.63) is 53.7 Å². The molecule has 1 N–H and O–H groups in total. The van der Waals surface area contributed by atoms with Gasteiger partial charge in [0.15, 0.2) is 5.76 Å². The molecule has 3 rings (SSSR count). The van der Waals surface area contributed by atoms with Gasteiger partial charge in [0.05, 0.1) is 12.2 Å². The summed E-state index contributed by atoms with van der Waals surface area (Å²) < 4.78 is 19.5. The fraction of sp³-hybridized carbons (Fsp3) is 0.421. The number of carbonyl (C=O) groups is 1. The minimum atomic E-state index is -0.176. The molecule has 1 aromatic carbocycles. The van der Waals surface area contributed by atoms with E-state index in [2.05, 4.69) is 15.1 Å². The van der Waals surface area contributed by atoms with Crippen LogP contribution < -0.4 is 10.2 Å². The molecular weight excluding hydrogens is 321 g/mol. The van der Waals surface area contributed by atoms with Crippen molar-refractivity contribution >= 4 is 11.6 Å². The summed E-state index contributed by atoms with van der Waals surface area (Å²) in [7, 11) is 0. The van der Waals surface area contributed by atoms with Crippen LogP contribution >= 0.6 is 0 Å². The van der Waals surface area contributed by atoms with Gasteiger partial charge in [-0.15, -0.1) is 0 Å². The Morgan fingerprint density at radius 3 is 2.64 bits per heavy atom. The molecule has 0 unspecified atom stereocenters. The highest BCUT2D eigenvalue weighted by Crippen LogP contribution is 2.21. The van der Waals surface area contributed by atoms with Crippen LogP contribution in [0.1, 0.15) is 29.7 Å². The van der Waals surface area contributed by atoms with Crippen molar-refractivity contribution in [3.63, 3.8) is 0 Å². The smallest absolute Gasteiger partial charge is 0.286 e. The number of halogens is 1. The van der Waals surface area contributed by atoms with Crippen LogP contribution in [0.5, 0.6) is 0 Å². The van der Waals surface area contributed by atoms with Crippen molar-refractivity contribution in [1.29, 1.82) is 0 Å². The first-order valence-electron chi connectivity index (χ1n) is 8.76. The molecule has 1 aliphatic rings. The summed E-state index contributed by atoms with van der Waals surface area (Å²) in [5.74, 6) is 0.789. The van der Waals surface area contributed by atoms with Gasteiger partial charge in [-0.3, -0.25) is 9.69 Å². The molecule has 1 aromatic heterocycles. The maximum atomic E-state index is 13.9. The van der Waals surface area contributed by atoms with E-state index in [1.807, 2.05) is 25.1 Å². The molecule has 134 valence electrons. The third-order valence-corrected chi connectivity index (χ3v) is 4.37. The number of anilines is 1. The van der Waals surface area contributed by atoms with Crippen molar-refractivity contribution in [3.8, 4) is 0 Å². The largest absolute Gasteiger partial charge is 0.455 e. The van der Waals surface area contributed by atoms with E-state index < -0.39 is 0 Å². The van der Waals surface area contributed by atoms with Gasteiger partial charge in [0.2, 0.25) is 0 Å². The Morgan fingerprint density at radius 2 is 1.92 bits per heavy atom. The maximum absolute atomic E-state index is 13.9. The Hall–Kier alpha value is -2.34. The first kappa shape index (κ1) is 17.5. The second-order valence-corrected chi connectivity index (χ2v) is 6.24. The zero-order valence-corrected chi connectivity index (χ0v) is 14.5. The highest BCUT2D eigenvalue weighted by Gasteiger charge is 2.20. The van der Waals surface area contributed by atoms with Crippen LogP contribution in [-0.4, -0.2) is 43.5 Å². The Labute approximate surface area is 147 Å². The molecule has 0 spiro atoms. The van der Waals surface area contributed by atoms with E-state index in [1.165, 1.54) is 6.07 Å². The first-order valence-corrected chi connectivity index (χ1v) is 8.76. The number of benzene rings is 1. The van der Waals surface area contributed by atoms with Gasteiger partial charge in [0.1, 0.15) is 11.6 Å². The van der Waals surface area contributed by atoms with E-state index in [9.17, 15) is 9.18 Å². The molecule has 0 saturated carbocycles.